The van der Waals surface area contributed by atoms with Crippen molar-refractivity contribution < 1.29 is 9.47 Å². The molecule has 0 spiro atoms. The molecule has 1 aliphatic heterocycles. The predicted molar refractivity (Wildman–Crippen MR) is 103 cm³/mol. The molecule has 0 unspecified atom stereocenters. The van der Waals surface area contributed by atoms with E-state index in [-0.39, 0.29) is 0 Å². The zero-order valence-corrected chi connectivity index (χ0v) is 15.8. The van der Waals surface area contributed by atoms with E-state index in [2.05, 4.69) is 22.1 Å². The van der Waals surface area contributed by atoms with E-state index in [1.54, 1.807) is 14.2 Å². The normalized spacial score (nSPS) is 16.7. The summed E-state index contributed by atoms with van der Waals surface area (Å²) in [6, 6.07) is 5.95. The van der Waals surface area contributed by atoms with Crippen LogP contribution in [0.4, 0.5) is 0 Å². The second-order valence-corrected chi connectivity index (χ2v) is 6.66. The minimum atomic E-state index is 0.519. The van der Waals surface area contributed by atoms with Gasteiger partial charge in [-0.3, -0.25) is 4.99 Å². The monoisotopic (exact) mass is 348 g/mol. The number of nitrogens with two attached hydrogens (primary N) is 1. The van der Waals surface area contributed by atoms with E-state index in [4.69, 9.17) is 15.2 Å². The van der Waals surface area contributed by atoms with Crippen molar-refractivity contribution in [3.8, 4) is 11.5 Å². The van der Waals surface area contributed by atoms with Crippen LogP contribution >= 0.6 is 0 Å². The molecule has 0 saturated carbocycles. The number of nitrogens with one attached hydrogen (secondary N) is 1. The average Bonchev–Trinajstić information content (AvgIpc) is 2.63. The summed E-state index contributed by atoms with van der Waals surface area (Å²) in [7, 11) is 3.29. The Kier molecular flexibility index (Phi) is 7.85. The lowest BCUT2D eigenvalue weighted by Crippen LogP contribution is -2.36. The van der Waals surface area contributed by atoms with Crippen LogP contribution in [0.2, 0.25) is 0 Å². The van der Waals surface area contributed by atoms with Crippen LogP contribution in [0.15, 0.2) is 23.2 Å². The van der Waals surface area contributed by atoms with Gasteiger partial charge in [0.1, 0.15) is 0 Å². The first-order chi connectivity index (χ1) is 12.1. The molecule has 1 aromatic carbocycles. The Bertz CT molecular complexity index is 554. The summed E-state index contributed by atoms with van der Waals surface area (Å²) < 4.78 is 10.6. The number of benzene rings is 1. The van der Waals surface area contributed by atoms with Crippen molar-refractivity contribution >= 4 is 5.96 Å². The molecule has 0 aliphatic carbocycles. The molecule has 140 valence electrons. The van der Waals surface area contributed by atoms with Gasteiger partial charge in [-0.05, 0) is 56.0 Å². The number of methoxy groups -OCH3 is 2. The van der Waals surface area contributed by atoms with Gasteiger partial charge >= 0.3 is 0 Å². The van der Waals surface area contributed by atoms with Crippen molar-refractivity contribution in [2.24, 2.45) is 16.6 Å². The number of ether oxygens (including phenoxy) is 2. The number of aliphatic imine (C=N–C) groups is 1. The van der Waals surface area contributed by atoms with Gasteiger partial charge in [0, 0.05) is 13.1 Å². The predicted octanol–water partition coefficient (Wildman–Crippen LogP) is 1.88. The van der Waals surface area contributed by atoms with Gasteiger partial charge in [-0.25, -0.2) is 0 Å². The van der Waals surface area contributed by atoms with Crippen molar-refractivity contribution in [3.63, 3.8) is 0 Å². The minimum Gasteiger partial charge on any atom is -0.493 e. The smallest absolute Gasteiger partial charge is 0.188 e. The van der Waals surface area contributed by atoms with Crippen LogP contribution in [0.5, 0.6) is 11.5 Å². The van der Waals surface area contributed by atoms with Crippen molar-refractivity contribution in [3.05, 3.63) is 23.8 Å². The number of guanidine groups is 1. The Morgan fingerprint density at radius 3 is 2.64 bits per heavy atom. The van der Waals surface area contributed by atoms with Gasteiger partial charge in [0.05, 0.1) is 20.8 Å². The standard InChI is InChI=1S/C19H32N4O2/c1-15-7-11-23(12-8-15)13-10-22-19(20)21-9-6-16-4-5-17(24-2)18(14-16)25-3/h4-5,14-15H,6-13H2,1-3H3,(H3,20,21,22). The summed E-state index contributed by atoms with van der Waals surface area (Å²) in [6.07, 6.45) is 3.44. The third kappa shape index (κ3) is 6.46. The largest absolute Gasteiger partial charge is 0.493 e. The molecule has 1 aromatic rings. The van der Waals surface area contributed by atoms with Gasteiger partial charge in [-0.1, -0.05) is 13.0 Å². The molecule has 3 N–H and O–H groups in total. The van der Waals surface area contributed by atoms with Crippen LogP contribution in [-0.4, -0.2) is 57.8 Å². The second-order valence-electron chi connectivity index (χ2n) is 6.66. The number of piperidine rings is 1. The fourth-order valence-electron chi connectivity index (χ4n) is 3.02. The first-order valence-corrected chi connectivity index (χ1v) is 9.09. The highest BCUT2D eigenvalue weighted by atomic mass is 16.5. The Hall–Kier alpha value is -1.95. The zero-order chi connectivity index (χ0) is 18.1. The summed E-state index contributed by atoms with van der Waals surface area (Å²) >= 11 is 0. The quantitative estimate of drug-likeness (QED) is 0.554. The Labute approximate surface area is 151 Å². The highest BCUT2D eigenvalue weighted by Gasteiger charge is 2.14. The van der Waals surface area contributed by atoms with E-state index in [1.807, 2.05) is 18.2 Å². The van der Waals surface area contributed by atoms with E-state index >= 15 is 0 Å². The summed E-state index contributed by atoms with van der Waals surface area (Å²) in [5.41, 5.74) is 7.12. The van der Waals surface area contributed by atoms with Crippen LogP contribution < -0.4 is 20.5 Å². The molecular formula is C19H32N4O2. The summed E-state index contributed by atoms with van der Waals surface area (Å²) in [5.74, 6) is 2.87. The number of likely N-dealkylation sites (tertiary alicyclic amines) is 1. The molecule has 2 rings (SSSR count). The lowest BCUT2D eigenvalue weighted by atomic mass is 9.99. The van der Waals surface area contributed by atoms with E-state index in [0.717, 1.165) is 43.5 Å². The molecule has 6 heteroatoms. The topological polar surface area (TPSA) is 72.1 Å². The summed E-state index contributed by atoms with van der Waals surface area (Å²) in [6.45, 7) is 7.18. The fourth-order valence-corrected chi connectivity index (χ4v) is 3.02. The first kappa shape index (κ1) is 19.4. The van der Waals surface area contributed by atoms with Crippen LogP contribution in [0.1, 0.15) is 25.3 Å². The number of nitrogens with zero attached hydrogens (tertiary/aromatic N) is 2. The lowest BCUT2D eigenvalue weighted by Gasteiger charge is -2.29. The van der Waals surface area contributed by atoms with Gasteiger partial charge in [0.15, 0.2) is 17.5 Å². The van der Waals surface area contributed by atoms with Crippen molar-refractivity contribution in [2.75, 3.05) is 46.9 Å². The SMILES string of the molecule is COc1ccc(CCNC(N)=NCCN2CCC(C)CC2)cc1OC. The van der Waals surface area contributed by atoms with Gasteiger partial charge in [-0.15, -0.1) is 0 Å². The Morgan fingerprint density at radius 1 is 1.24 bits per heavy atom. The molecule has 0 atom stereocenters. The van der Waals surface area contributed by atoms with Gasteiger partial charge in [0.2, 0.25) is 0 Å². The van der Waals surface area contributed by atoms with E-state index in [9.17, 15) is 0 Å². The van der Waals surface area contributed by atoms with Crippen LogP contribution in [0.25, 0.3) is 0 Å². The zero-order valence-electron chi connectivity index (χ0n) is 15.8. The Morgan fingerprint density at radius 2 is 1.96 bits per heavy atom. The third-order valence-corrected chi connectivity index (χ3v) is 4.74. The highest BCUT2D eigenvalue weighted by Crippen LogP contribution is 2.27. The van der Waals surface area contributed by atoms with Crippen LogP contribution in [0.3, 0.4) is 0 Å². The van der Waals surface area contributed by atoms with Gasteiger partial charge < -0.3 is 25.4 Å². The highest BCUT2D eigenvalue weighted by molar-refractivity contribution is 5.77. The fraction of sp³-hybridized carbons (Fsp3) is 0.632. The molecule has 6 nitrogen and oxygen atoms in total. The molecule has 0 aromatic heterocycles. The molecule has 0 bridgehead atoms. The molecular weight excluding hydrogens is 316 g/mol. The average molecular weight is 348 g/mol. The van der Waals surface area contributed by atoms with E-state index < -0.39 is 0 Å². The van der Waals surface area contributed by atoms with Crippen molar-refractivity contribution in [1.82, 2.24) is 10.2 Å². The molecule has 1 aliphatic rings. The number of rotatable bonds is 8. The van der Waals surface area contributed by atoms with Gasteiger partial charge in [0.25, 0.3) is 0 Å². The van der Waals surface area contributed by atoms with Gasteiger partial charge in [-0.2, -0.15) is 0 Å². The molecule has 0 radical (unpaired) electrons. The first-order valence-electron chi connectivity index (χ1n) is 9.09. The maximum Gasteiger partial charge on any atom is 0.188 e. The van der Waals surface area contributed by atoms with E-state index in [1.165, 1.54) is 31.5 Å². The maximum absolute atomic E-state index is 5.95. The van der Waals surface area contributed by atoms with E-state index in [0.29, 0.717) is 5.96 Å². The molecule has 1 saturated heterocycles. The molecule has 1 heterocycles. The maximum atomic E-state index is 5.95. The summed E-state index contributed by atoms with van der Waals surface area (Å²) in [5, 5.41) is 3.18. The van der Waals surface area contributed by atoms with Crippen molar-refractivity contribution in [2.45, 2.75) is 26.2 Å². The number of hydrogen-bond acceptors (Lipinski definition) is 4. The van der Waals surface area contributed by atoms with Crippen LogP contribution in [-0.2, 0) is 6.42 Å². The lowest BCUT2D eigenvalue weighted by molar-refractivity contribution is 0.197. The molecule has 25 heavy (non-hydrogen) atoms. The third-order valence-electron chi connectivity index (χ3n) is 4.74. The Balaban J connectivity index is 1.68. The van der Waals surface area contributed by atoms with Crippen molar-refractivity contribution in [1.29, 1.82) is 0 Å². The van der Waals surface area contributed by atoms with Crippen LogP contribution in [0, 0.1) is 5.92 Å². The summed E-state index contributed by atoms with van der Waals surface area (Å²) in [4.78, 5) is 6.90. The molecule has 0 amide bonds. The second kappa shape index (κ2) is 10.1. The number of hydrogen-bond donors (Lipinski definition) is 2. The minimum absolute atomic E-state index is 0.519. The molecule has 1 fully saturated rings.